The maximum Gasteiger partial charge on any atom is 0.0108 e. The molecule has 2 atom stereocenters. The second kappa shape index (κ2) is 3.58. The van der Waals surface area contributed by atoms with Crippen LogP contribution in [-0.2, 0) is 0 Å². The predicted octanol–water partition coefficient (Wildman–Crippen LogP) is 1.50. The largest absolute Gasteiger partial charge is 0.330 e. The fraction of sp³-hybridized carbons (Fsp3) is 1.00. The summed E-state index contributed by atoms with van der Waals surface area (Å²) in [6.07, 6.45) is 6.89. The summed E-state index contributed by atoms with van der Waals surface area (Å²) in [5.41, 5.74) is 6.38. The summed E-state index contributed by atoms with van der Waals surface area (Å²) in [7, 11) is 0. The lowest BCUT2D eigenvalue weighted by atomic mass is 10.0. The smallest absolute Gasteiger partial charge is 0.0108 e. The van der Waals surface area contributed by atoms with E-state index in [1.54, 1.807) is 0 Å². The highest BCUT2D eigenvalue weighted by molar-refractivity contribution is 4.93. The van der Waals surface area contributed by atoms with Gasteiger partial charge < -0.3 is 11.1 Å². The van der Waals surface area contributed by atoms with Gasteiger partial charge in [-0.25, -0.2) is 0 Å². The monoisotopic (exact) mass is 182 g/mol. The van der Waals surface area contributed by atoms with Crippen molar-refractivity contribution in [3.63, 3.8) is 0 Å². The fourth-order valence-corrected chi connectivity index (χ4v) is 2.36. The van der Waals surface area contributed by atoms with Crippen molar-refractivity contribution >= 4 is 0 Å². The molecule has 2 aliphatic carbocycles. The van der Waals surface area contributed by atoms with Crippen molar-refractivity contribution in [2.75, 3.05) is 13.1 Å². The number of rotatable bonds is 4. The Balaban J connectivity index is 1.73. The topological polar surface area (TPSA) is 38.0 Å². The molecule has 2 aliphatic rings. The molecule has 0 aromatic rings. The first-order chi connectivity index (χ1) is 6.23. The second-order valence-electron chi connectivity index (χ2n) is 5.22. The summed E-state index contributed by atoms with van der Waals surface area (Å²) in [6, 6.07) is 0.724. The summed E-state index contributed by atoms with van der Waals surface area (Å²) >= 11 is 0. The van der Waals surface area contributed by atoms with Crippen LogP contribution in [0.1, 0.15) is 39.0 Å². The van der Waals surface area contributed by atoms with E-state index < -0.39 is 0 Å². The zero-order valence-electron chi connectivity index (χ0n) is 8.68. The van der Waals surface area contributed by atoms with Gasteiger partial charge in [0.15, 0.2) is 0 Å². The van der Waals surface area contributed by atoms with E-state index in [1.807, 2.05) is 0 Å². The van der Waals surface area contributed by atoms with Crippen molar-refractivity contribution in [3.05, 3.63) is 0 Å². The Morgan fingerprint density at radius 3 is 2.77 bits per heavy atom. The van der Waals surface area contributed by atoms with E-state index >= 15 is 0 Å². The van der Waals surface area contributed by atoms with Crippen molar-refractivity contribution < 1.29 is 0 Å². The van der Waals surface area contributed by atoms with E-state index in [9.17, 15) is 0 Å². The second-order valence-corrected chi connectivity index (χ2v) is 5.22. The maximum atomic E-state index is 5.74. The third kappa shape index (κ3) is 2.23. The van der Waals surface area contributed by atoms with Crippen LogP contribution in [0.25, 0.3) is 0 Å². The van der Waals surface area contributed by atoms with Gasteiger partial charge in [0, 0.05) is 12.6 Å². The van der Waals surface area contributed by atoms with Crippen LogP contribution in [0.15, 0.2) is 0 Å². The van der Waals surface area contributed by atoms with Gasteiger partial charge in [-0.1, -0.05) is 13.3 Å². The fourth-order valence-electron chi connectivity index (χ4n) is 2.36. The minimum atomic E-state index is 0.641. The molecule has 0 spiro atoms. The van der Waals surface area contributed by atoms with Crippen LogP contribution in [-0.4, -0.2) is 19.1 Å². The number of hydrogen-bond donors (Lipinski definition) is 2. The normalized spacial score (nSPS) is 36.5. The molecular formula is C11H22N2. The van der Waals surface area contributed by atoms with E-state index in [2.05, 4.69) is 12.2 Å². The van der Waals surface area contributed by atoms with Crippen molar-refractivity contribution in [1.82, 2.24) is 5.32 Å². The summed E-state index contributed by atoms with van der Waals surface area (Å²) in [4.78, 5) is 0. The molecule has 0 saturated heterocycles. The maximum absolute atomic E-state index is 5.74. The van der Waals surface area contributed by atoms with Crippen LogP contribution >= 0.6 is 0 Å². The van der Waals surface area contributed by atoms with Gasteiger partial charge in [-0.2, -0.15) is 0 Å². The van der Waals surface area contributed by atoms with E-state index in [0.29, 0.717) is 5.41 Å². The number of hydrogen-bond acceptors (Lipinski definition) is 2. The van der Waals surface area contributed by atoms with Crippen molar-refractivity contribution in [2.45, 2.75) is 45.1 Å². The SMILES string of the molecule is CC1(CNC2CCCC2CN)CC1. The predicted molar refractivity (Wildman–Crippen MR) is 55.5 cm³/mol. The molecule has 2 rings (SSSR count). The van der Waals surface area contributed by atoms with Crippen molar-refractivity contribution in [1.29, 1.82) is 0 Å². The van der Waals surface area contributed by atoms with Crippen LogP contribution in [0.3, 0.4) is 0 Å². The number of nitrogens with two attached hydrogens (primary N) is 1. The Kier molecular flexibility index (Phi) is 2.61. The highest BCUT2D eigenvalue weighted by atomic mass is 15.0. The molecular weight excluding hydrogens is 160 g/mol. The van der Waals surface area contributed by atoms with Gasteiger partial charge in [0.2, 0.25) is 0 Å². The molecule has 0 heterocycles. The van der Waals surface area contributed by atoms with Gasteiger partial charge in [0.05, 0.1) is 0 Å². The summed E-state index contributed by atoms with van der Waals surface area (Å²) < 4.78 is 0. The minimum Gasteiger partial charge on any atom is -0.330 e. The molecule has 76 valence electrons. The molecule has 0 bridgehead atoms. The van der Waals surface area contributed by atoms with E-state index in [4.69, 9.17) is 5.73 Å². The Hall–Kier alpha value is -0.0800. The van der Waals surface area contributed by atoms with Crippen LogP contribution in [0, 0.1) is 11.3 Å². The average molecular weight is 182 g/mol. The minimum absolute atomic E-state index is 0.641. The molecule has 0 aliphatic heterocycles. The first-order valence-corrected chi connectivity index (χ1v) is 5.67. The van der Waals surface area contributed by atoms with Gasteiger partial charge in [-0.3, -0.25) is 0 Å². The van der Waals surface area contributed by atoms with E-state index in [0.717, 1.165) is 18.5 Å². The summed E-state index contributed by atoms with van der Waals surface area (Å²) in [5, 5.41) is 3.71. The Labute approximate surface area is 81.3 Å². The van der Waals surface area contributed by atoms with E-state index in [1.165, 1.54) is 38.6 Å². The zero-order valence-corrected chi connectivity index (χ0v) is 8.68. The molecule has 2 unspecified atom stereocenters. The lowest BCUT2D eigenvalue weighted by Gasteiger charge is -2.21. The molecule has 0 amide bonds. The molecule has 13 heavy (non-hydrogen) atoms. The molecule has 2 nitrogen and oxygen atoms in total. The zero-order chi connectivity index (χ0) is 9.31. The highest BCUT2D eigenvalue weighted by Crippen LogP contribution is 2.44. The van der Waals surface area contributed by atoms with Gasteiger partial charge in [-0.15, -0.1) is 0 Å². The third-order valence-electron chi connectivity index (χ3n) is 3.86. The first kappa shape index (κ1) is 9.47. The van der Waals surface area contributed by atoms with Crippen LogP contribution in [0.5, 0.6) is 0 Å². The molecule has 0 aromatic heterocycles. The molecule has 2 saturated carbocycles. The summed E-state index contributed by atoms with van der Waals surface area (Å²) in [5.74, 6) is 0.752. The summed E-state index contributed by atoms with van der Waals surface area (Å²) in [6.45, 7) is 4.47. The molecule has 0 radical (unpaired) electrons. The molecule has 3 N–H and O–H groups in total. The van der Waals surface area contributed by atoms with Crippen molar-refractivity contribution in [3.8, 4) is 0 Å². The standard InChI is InChI=1S/C11H22N2/c1-11(5-6-11)8-13-10-4-2-3-9(10)7-12/h9-10,13H,2-8,12H2,1H3. The van der Waals surface area contributed by atoms with E-state index in [-0.39, 0.29) is 0 Å². The van der Waals surface area contributed by atoms with Crippen LogP contribution in [0.4, 0.5) is 0 Å². The van der Waals surface area contributed by atoms with Gasteiger partial charge in [0.1, 0.15) is 0 Å². The van der Waals surface area contributed by atoms with Crippen LogP contribution in [0.2, 0.25) is 0 Å². The average Bonchev–Trinajstić information content (AvgIpc) is 2.69. The first-order valence-electron chi connectivity index (χ1n) is 5.67. The van der Waals surface area contributed by atoms with Gasteiger partial charge in [-0.05, 0) is 43.6 Å². The Bertz CT molecular complexity index is 175. The quantitative estimate of drug-likeness (QED) is 0.691. The van der Waals surface area contributed by atoms with Gasteiger partial charge >= 0.3 is 0 Å². The van der Waals surface area contributed by atoms with Crippen molar-refractivity contribution in [2.24, 2.45) is 17.1 Å². The van der Waals surface area contributed by atoms with Crippen LogP contribution < -0.4 is 11.1 Å². The highest BCUT2D eigenvalue weighted by Gasteiger charge is 2.38. The molecule has 2 heteroatoms. The van der Waals surface area contributed by atoms with Gasteiger partial charge in [0.25, 0.3) is 0 Å². The Morgan fingerprint density at radius 1 is 1.38 bits per heavy atom. The lowest BCUT2D eigenvalue weighted by molar-refractivity contribution is 0.370. The third-order valence-corrected chi connectivity index (χ3v) is 3.86. The molecule has 2 fully saturated rings. The Morgan fingerprint density at radius 2 is 2.15 bits per heavy atom. The number of nitrogens with one attached hydrogen (secondary N) is 1. The molecule has 0 aromatic carbocycles. The lowest BCUT2D eigenvalue weighted by Crippen LogP contribution is -2.38.